The van der Waals surface area contributed by atoms with Gasteiger partial charge in [-0.25, -0.2) is 8.42 Å². The molecule has 0 saturated heterocycles. The maximum Gasteiger partial charge on any atom is 0.416 e. The first kappa shape index (κ1) is 19.5. The number of rotatable bonds is 4. The first-order chi connectivity index (χ1) is 13.0. The van der Waals surface area contributed by atoms with Crippen LogP contribution >= 0.6 is 0 Å². The van der Waals surface area contributed by atoms with Crippen molar-refractivity contribution >= 4 is 21.8 Å². The minimum atomic E-state index is -4.46. The van der Waals surface area contributed by atoms with Crippen LogP contribution in [0.4, 0.5) is 19.2 Å². The maximum atomic E-state index is 12.6. The summed E-state index contributed by atoms with van der Waals surface area (Å²) in [6.07, 6.45) is -3.41. The SMILES string of the molecule is CS(=O)(=O)c1ccc(C(=O)Nc2nnc(-c3ccc(C(F)(F)F)cc3)o2)cc1. The van der Waals surface area contributed by atoms with Gasteiger partial charge in [0.25, 0.3) is 5.91 Å². The summed E-state index contributed by atoms with van der Waals surface area (Å²) < 4.78 is 65.8. The summed E-state index contributed by atoms with van der Waals surface area (Å²) in [4.78, 5) is 12.2. The van der Waals surface area contributed by atoms with Gasteiger partial charge < -0.3 is 4.42 Å². The number of carbonyl (C=O) groups is 1. The summed E-state index contributed by atoms with van der Waals surface area (Å²) in [6.45, 7) is 0. The number of hydrogen-bond acceptors (Lipinski definition) is 6. The molecule has 0 radical (unpaired) electrons. The van der Waals surface area contributed by atoms with E-state index in [1.54, 1.807) is 0 Å². The van der Waals surface area contributed by atoms with E-state index in [1.165, 1.54) is 36.4 Å². The Balaban J connectivity index is 1.73. The van der Waals surface area contributed by atoms with E-state index in [1.807, 2.05) is 0 Å². The molecule has 0 bridgehead atoms. The Hall–Kier alpha value is -3.21. The number of halogens is 3. The normalized spacial score (nSPS) is 12.0. The Morgan fingerprint density at radius 3 is 2.14 bits per heavy atom. The summed E-state index contributed by atoms with van der Waals surface area (Å²) in [6, 6.07) is 9.04. The third kappa shape index (κ3) is 4.36. The molecule has 7 nitrogen and oxygen atoms in total. The molecule has 0 aliphatic rings. The topological polar surface area (TPSA) is 102 Å². The molecular weight excluding hydrogens is 399 g/mol. The summed E-state index contributed by atoms with van der Waals surface area (Å²) in [7, 11) is -3.39. The van der Waals surface area contributed by atoms with Gasteiger partial charge in [0.1, 0.15) is 0 Å². The molecule has 11 heteroatoms. The van der Waals surface area contributed by atoms with Crippen molar-refractivity contribution in [2.45, 2.75) is 11.1 Å². The fraction of sp³-hybridized carbons (Fsp3) is 0.118. The molecule has 1 heterocycles. The lowest BCUT2D eigenvalue weighted by Gasteiger charge is -2.05. The second-order valence-electron chi connectivity index (χ2n) is 5.74. The predicted octanol–water partition coefficient (Wildman–Crippen LogP) is 3.41. The van der Waals surface area contributed by atoms with Crippen LogP contribution in [0.25, 0.3) is 11.5 Å². The Labute approximate surface area is 157 Å². The van der Waals surface area contributed by atoms with Crippen molar-refractivity contribution in [1.82, 2.24) is 10.2 Å². The predicted molar refractivity (Wildman–Crippen MR) is 92.2 cm³/mol. The van der Waals surface area contributed by atoms with Crippen molar-refractivity contribution < 1.29 is 30.8 Å². The molecule has 0 unspecified atom stereocenters. The van der Waals surface area contributed by atoms with Crippen LogP contribution in [0.2, 0.25) is 0 Å². The number of nitrogens with one attached hydrogen (secondary N) is 1. The molecule has 3 rings (SSSR count). The lowest BCUT2D eigenvalue weighted by molar-refractivity contribution is -0.137. The lowest BCUT2D eigenvalue weighted by atomic mass is 10.1. The van der Waals surface area contributed by atoms with Crippen molar-refractivity contribution in [2.75, 3.05) is 11.6 Å². The fourth-order valence-corrected chi connectivity index (χ4v) is 2.85. The molecule has 1 amide bonds. The summed E-state index contributed by atoms with van der Waals surface area (Å²) in [5.74, 6) is -0.695. The van der Waals surface area contributed by atoms with Gasteiger partial charge in [-0.3, -0.25) is 10.1 Å². The second kappa shape index (κ2) is 7.08. The Bertz CT molecular complexity index is 1110. The third-order valence-corrected chi connectivity index (χ3v) is 4.78. The number of nitrogens with zero attached hydrogens (tertiary/aromatic N) is 2. The van der Waals surface area contributed by atoms with Gasteiger partial charge >= 0.3 is 12.2 Å². The van der Waals surface area contributed by atoms with Gasteiger partial charge in [0.2, 0.25) is 5.89 Å². The molecule has 3 aromatic rings. The minimum absolute atomic E-state index is 0.0615. The van der Waals surface area contributed by atoms with Crippen LogP contribution in [-0.2, 0) is 16.0 Å². The van der Waals surface area contributed by atoms with E-state index in [0.29, 0.717) is 0 Å². The molecule has 0 aliphatic heterocycles. The molecule has 0 aliphatic carbocycles. The molecule has 146 valence electrons. The van der Waals surface area contributed by atoms with Crippen molar-refractivity contribution in [1.29, 1.82) is 0 Å². The van der Waals surface area contributed by atoms with E-state index in [9.17, 15) is 26.4 Å². The standard InChI is InChI=1S/C17H12F3N3O4S/c1-28(25,26)13-8-4-10(5-9-13)14(24)21-16-23-22-15(27-16)11-2-6-12(7-3-11)17(18,19)20/h2-9H,1H3,(H,21,23,24). The van der Waals surface area contributed by atoms with Gasteiger partial charge in [-0.2, -0.15) is 13.2 Å². The molecule has 28 heavy (non-hydrogen) atoms. The van der Waals surface area contributed by atoms with Crippen molar-refractivity contribution in [3.8, 4) is 11.5 Å². The van der Waals surface area contributed by atoms with Crippen molar-refractivity contribution in [3.63, 3.8) is 0 Å². The van der Waals surface area contributed by atoms with Gasteiger partial charge in [0.15, 0.2) is 9.84 Å². The monoisotopic (exact) mass is 411 g/mol. The Kier molecular flexibility index (Phi) is 4.94. The number of amides is 1. The van der Waals surface area contributed by atoms with Gasteiger partial charge in [-0.1, -0.05) is 5.10 Å². The highest BCUT2D eigenvalue weighted by Gasteiger charge is 2.30. The number of sulfone groups is 1. The highest BCUT2D eigenvalue weighted by molar-refractivity contribution is 7.90. The van der Waals surface area contributed by atoms with Crippen LogP contribution in [0, 0.1) is 0 Å². The van der Waals surface area contributed by atoms with Crippen LogP contribution < -0.4 is 5.32 Å². The van der Waals surface area contributed by atoms with Gasteiger partial charge in [0.05, 0.1) is 10.5 Å². The molecule has 0 spiro atoms. The third-order valence-electron chi connectivity index (χ3n) is 3.65. The first-order valence-electron chi connectivity index (χ1n) is 7.66. The number of alkyl halides is 3. The average molecular weight is 411 g/mol. The van der Waals surface area contributed by atoms with Crippen LogP contribution in [0.3, 0.4) is 0 Å². The number of anilines is 1. The number of benzene rings is 2. The van der Waals surface area contributed by atoms with E-state index >= 15 is 0 Å². The molecule has 1 aromatic heterocycles. The zero-order chi connectivity index (χ0) is 20.5. The van der Waals surface area contributed by atoms with Crippen LogP contribution in [0.15, 0.2) is 57.8 Å². The quantitative estimate of drug-likeness (QED) is 0.706. The largest absolute Gasteiger partial charge is 0.416 e. The van der Waals surface area contributed by atoms with Crippen molar-refractivity contribution in [3.05, 3.63) is 59.7 Å². The fourth-order valence-electron chi connectivity index (χ4n) is 2.21. The summed E-state index contributed by atoms with van der Waals surface area (Å²) in [5.41, 5.74) is -0.415. The Morgan fingerprint density at radius 2 is 1.61 bits per heavy atom. The molecular formula is C17H12F3N3O4S. The average Bonchev–Trinajstić information content (AvgIpc) is 3.09. The van der Waals surface area contributed by atoms with Crippen LogP contribution in [-0.4, -0.2) is 30.8 Å². The Morgan fingerprint density at radius 1 is 1.00 bits per heavy atom. The summed E-state index contributed by atoms with van der Waals surface area (Å²) >= 11 is 0. The van der Waals surface area contributed by atoms with E-state index < -0.39 is 27.5 Å². The van der Waals surface area contributed by atoms with E-state index in [2.05, 4.69) is 15.5 Å². The van der Waals surface area contributed by atoms with Crippen LogP contribution in [0.1, 0.15) is 15.9 Å². The van der Waals surface area contributed by atoms with Gasteiger partial charge in [0, 0.05) is 17.4 Å². The maximum absolute atomic E-state index is 12.6. The molecule has 0 saturated carbocycles. The second-order valence-corrected chi connectivity index (χ2v) is 7.75. The van der Waals surface area contributed by atoms with Gasteiger partial charge in [-0.05, 0) is 48.5 Å². The zero-order valence-corrected chi connectivity index (χ0v) is 15.0. The smallest absolute Gasteiger partial charge is 0.403 e. The highest BCUT2D eigenvalue weighted by atomic mass is 32.2. The first-order valence-corrected chi connectivity index (χ1v) is 9.56. The van der Waals surface area contributed by atoms with E-state index in [4.69, 9.17) is 4.42 Å². The van der Waals surface area contributed by atoms with E-state index in [0.717, 1.165) is 18.4 Å². The van der Waals surface area contributed by atoms with Crippen molar-refractivity contribution in [2.24, 2.45) is 0 Å². The van der Waals surface area contributed by atoms with E-state index in [-0.39, 0.29) is 27.9 Å². The number of aromatic nitrogens is 2. The zero-order valence-electron chi connectivity index (χ0n) is 14.2. The van der Waals surface area contributed by atoms with Crippen LogP contribution in [0.5, 0.6) is 0 Å². The number of carbonyl (C=O) groups excluding carboxylic acids is 1. The minimum Gasteiger partial charge on any atom is -0.403 e. The molecule has 0 atom stereocenters. The molecule has 2 aromatic carbocycles. The van der Waals surface area contributed by atoms with Gasteiger partial charge in [-0.15, -0.1) is 5.10 Å². The highest BCUT2D eigenvalue weighted by Crippen LogP contribution is 2.31. The molecule has 1 N–H and O–H groups in total. The summed E-state index contributed by atoms with van der Waals surface area (Å²) in [5, 5.41) is 9.63. The number of hydrogen-bond donors (Lipinski definition) is 1. The molecule has 0 fully saturated rings. The lowest BCUT2D eigenvalue weighted by Crippen LogP contribution is -2.12.